The van der Waals surface area contributed by atoms with E-state index in [1.165, 1.54) is 19.2 Å². The largest absolute Gasteiger partial charge is 0.493 e. The van der Waals surface area contributed by atoms with Crippen molar-refractivity contribution >= 4 is 11.8 Å². The molecule has 0 spiro atoms. The Morgan fingerprint density at radius 3 is 2.59 bits per heavy atom. The molecule has 0 aliphatic carbocycles. The molecular weight excluding hydrogens is 376 g/mol. The molecule has 0 unspecified atom stereocenters. The van der Waals surface area contributed by atoms with Crippen LogP contribution in [0.2, 0.25) is 0 Å². The van der Waals surface area contributed by atoms with Gasteiger partial charge in [-0.05, 0) is 36.8 Å². The molecule has 0 radical (unpaired) electrons. The lowest BCUT2D eigenvalue weighted by Gasteiger charge is -2.12. The third-order valence-electron chi connectivity index (χ3n) is 3.84. The van der Waals surface area contributed by atoms with Crippen molar-refractivity contribution in [3.63, 3.8) is 0 Å². The van der Waals surface area contributed by atoms with Crippen molar-refractivity contribution in [2.24, 2.45) is 0 Å². The van der Waals surface area contributed by atoms with Crippen molar-refractivity contribution in [3.8, 4) is 22.9 Å². The fourth-order valence-corrected chi connectivity index (χ4v) is 2.40. The zero-order valence-corrected chi connectivity index (χ0v) is 16.0. The van der Waals surface area contributed by atoms with Crippen LogP contribution in [0.4, 0.5) is 0 Å². The van der Waals surface area contributed by atoms with Crippen molar-refractivity contribution in [1.29, 1.82) is 0 Å². The molecule has 0 fully saturated rings. The molecule has 2 heterocycles. The van der Waals surface area contributed by atoms with Crippen LogP contribution in [0.25, 0.3) is 11.4 Å². The summed E-state index contributed by atoms with van der Waals surface area (Å²) in [5, 5.41) is 3.81. The minimum atomic E-state index is -0.650. The number of nitrogens with zero attached hydrogens (tertiary/aromatic N) is 2. The number of aromatic nitrogens is 2. The van der Waals surface area contributed by atoms with E-state index in [9.17, 15) is 9.59 Å². The first kappa shape index (κ1) is 19.9. The molecule has 29 heavy (non-hydrogen) atoms. The summed E-state index contributed by atoms with van der Waals surface area (Å²) in [6, 6.07) is 11.5. The average Bonchev–Trinajstić information content (AvgIpc) is 3.26. The van der Waals surface area contributed by atoms with Gasteiger partial charge in [0, 0.05) is 17.8 Å². The second kappa shape index (κ2) is 9.36. The molecular formula is C20H20N4O5. The highest BCUT2D eigenvalue weighted by molar-refractivity contribution is 5.98. The Balaban J connectivity index is 1.62. The van der Waals surface area contributed by atoms with Gasteiger partial charge in [-0.2, -0.15) is 0 Å². The monoisotopic (exact) mass is 396 g/mol. The number of benzene rings is 1. The molecule has 2 aromatic heterocycles. The average molecular weight is 396 g/mol. The summed E-state index contributed by atoms with van der Waals surface area (Å²) in [7, 11) is 1.49. The molecule has 3 aromatic rings. The number of carbonyl (C=O) groups is 2. The maximum atomic E-state index is 12.3. The van der Waals surface area contributed by atoms with E-state index < -0.39 is 11.8 Å². The van der Waals surface area contributed by atoms with Gasteiger partial charge in [-0.1, -0.05) is 18.1 Å². The maximum absolute atomic E-state index is 12.3. The predicted molar refractivity (Wildman–Crippen MR) is 103 cm³/mol. The predicted octanol–water partition coefficient (Wildman–Crippen LogP) is 2.61. The minimum absolute atomic E-state index is 0.0631. The van der Waals surface area contributed by atoms with E-state index in [4.69, 9.17) is 14.0 Å². The SMILES string of the molecule is CCCOc1ccc(C(=O)NNC(=O)c2cc(-c3ccccn3)no2)cc1OC. The lowest BCUT2D eigenvalue weighted by molar-refractivity contribution is 0.0825. The number of pyridine rings is 1. The fourth-order valence-electron chi connectivity index (χ4n) is 2.40. The summed E-state index contributed by atoms with van der Waals surface area (Å²) in [6.07, 6.45) is 2.46. The number of amides is 2. The Bertz CT molecular complexity index is 988. The summed E-state index contributed by atoms with van der Waals surface area (Å²) in [4.78, 5) is 28.6. The van der Waals surface area contributed by atoms with Crippen LogP contribution >= 0.6 is 0 Å². The molecule has 2 amide bonds. The van der Waals surface area contributed by atoms with Gasteiger partial charge in [-0.15, -0.1) is 0 Å². The van der Waals surface area contributed by atoms with E-state index in [1.54, 1.807) is 36.5 Å². The smallest absolute Gasteiger partial charge is 0.308 e. The molecule has 0 bridgehead atoms. The van der Waals surface area contributed by atoms with Gasteiger partial charge in [0.2, 0.25) is 5.76 Å². The van der Waals surface area contributed by atoms with Crippen LogP contribution < -0.4 is 20.3 Å². The Kier molecular flexibility index (Phi) is 6.41. The zero-order chi connectivity index (χ0) is 20.6. The van der Waals surface area contributed by atoms with Crippen LogP contribution in [0.1, 0.15) is 34.3 Å². The first-order chi connectivity index (χ1) is 14.1. The molecule has 9 heteroatoms. The zero-order valence-electron chi connectivity index (χ0n) is 16.0. The summed E-state index contributed by atoms with van der Waals surface area (Å²) in [6.45, 7) is 2.53. The summed E-state index contributed by atoms with van der Waals surface area (Å²) >= 11 is 0. The number of rotatable bonds is 7. The minimum Gasteiger partial charge on any atom is -0.493 e. The highest BCUT2D eigenvalue weighted by Gasteiger charge is 2.16. The number of hydrazine groups is 1. The number of nitrogens with one attached hydrogen (secondary N) is 2. The van der Waals surface area contributed by atoms with Gasteiger partial charge >= 0.3 is 5.91 Å². The number of methoxy groups -OCH3 is 1. The molecule has 0 saturated heterocycles. The topological polar surface area (TPSA) is 116 Å². The second-order valence-electron chi connectivity index (χ2n) is 5.91. The molecule has 1 aromatic carbocycles. The van der Waals surface area contributed by atoms with Crippen LogP contribution in [0.3, 0.4) is 0 Å². The molecule has 2 N–H and O–H groups in total. The highest BCUT2D eigenvalue weighted by Crippen LogP contribution is 2.28. The summed E-state index contributed by atoms with van der Waals surface area (Å²) < 4.78 is 15.8. The number of ether oxygens (including phenoxy) is 2. The van der Waals surface area contributed by atoms with Crippen molar-refractivity contribution < 1.29 is 23.6 Å². The van der Waals surface area contributed by atoms with Gasteiger partial charge in [-0.3, -0.25) is 25.4 Å². The molecule has 0 aliphatic heterocycles. The van der Waals surface area contributed by atoms with E-state index in [0.717, 1.165) is 6.42 Å². The quantitative estimate of drug-likeness (QED) is 0.590. The Labute approximate surface area is 167 Å². The lowest BCUT2D eigenvalue weighted by atomic mass is 10.2. The summed E-state index contributed by atoms with van der Waals surface area (Å²) in [5.41, 5.74) is 5.87. The molecule has 150 valence electrons. The molecule has 9 nitrogen and oxygen atoms in total. The Morgan fingerprint density at radius 2 is 1.86 bits per heavy atom. The van der Waals surface area contributed by atoms with Gasteiger partial charge in [0.25, 0.3) is 5.91 Å². The third kappa shape index (κ3) is 4.89. The number of carbonyl (C=O) groups excluding carboxylic acids is 2. The first-order valence-corrected chi connectivity index (χ1v) is 8.92. The van der Waals surface area contributed by atoms with Crippen LogP contribution in [-0.4, -0.2) is 35.7 Å². The first-order valence-electron chi connectivity index (χ1n) is 8.92. The fraction of sp³-hybridized carbons (Fsp3) is 0.200. The van der Waals surface area contributed by atoms with E-state index in [0.29, 0.717) is 29.5 Å². The molecule has 3 rings (SSSR count). The lowest BCUT2D eigenvalue weighted by Crippen LogP contribution is -2.41. The van der Waals surface area contributed by atoms with Crippen molar-refractivity contribution in [1.82, 2.24) is 21.0 Å². The van der Waals surface area contributed by atoms with Gasteiger partial charge in [0.1, 0.15) is 5.69 Å². The van der Waals surface area contributed by atoms with Gasteiger partial charge in [0.15, 0.2) is 11.5 Å². The summed E-state index contributed by atoms with van der Waals surface area (Å²) in [5.74, 6) is -0.274. The van der Waals surface area contributed by atoms with Gasteiger partial charge in [0.05, 0.1) is 19.4 Å². The van der Waals surface area contributed by atoms with Gasteiger partial charge < -0.3 is 14.0 Å². The normalized spacial score (nSPS) is 10.3. The standard InChI is InChI=1S/C20H20N4O5/c1-3-10-28-16-8-7-13(11-17(16)27-2)19(25)22-23-20(26)18-12-15(24-29-18)14-6-4-5-9-21-14/h4-9,11-12H,3,10H2,1-2H3,(H,22,25)(H,23,26). The number of hydrogen-bond donors (Lipinski definition) is 2. The van der Waals surface area contributed by atoms with Crippen LogP contribution in [0.15, 0.2) is 53.2 Å². The maximum Gasteiger partial charge on any atom is 0.308 e. The Morgan fingerprint density at radius 1 is 1.03 bits per heavy atom. The molecule has 0 aliphatic rings. The Hall–Kier alpha value is -3.88. The highest BCUT2D eigenvalue weighted by atomic mass is 16.5. The van der Waals surface area contributed by atoms with E-state index in [1.807, 2.05) is 6.92 Å². The van der Waals surface area contributed by atoms with E-state index >= 15 is 0 Å². The molecule has 0 atom stereocenters. The van der Waals surface area contributed by atoms with E-state index in [-0.39, 0.29) is 11.3 Å². The van der Waals surface area contributed by atoms with Crippen LogP contribution in [0, 0.1) is 0 Å². The number of hydrogen-bond acceptors (Lipinski definition) is 7. The van der Waals surface area contributed by atoms with Crippen molar-refractivity contribution in [2.75, 3.05) is 13.7 Å². The molecule has 0 saturated carbocycles. The van der Waals surface area contributed by atoms with E-state index in [2.05, 4.69) is 21.0 Å². The van der Waals surface area contributed by atoms with Crippen LogP contribution in [0.5, 0.6) is 11.5 Å². The van der Waals surface area contributed by atoms with Crippen molar-refractivity contribution in [2.45, 2.75) is 13.3 Å². The van der Waals surface area contributed by atoms with Crippen molar-refractivity contribution in [3.05, 3.63) is 60.0 Å². The third-order valence-corrected chi connectivity index (χ3v) is 3.84. The van der Waals surface area contributed by atoms with Crippen LogP contribution in [-0.2, 0) is 0 Å². The van der Waals surface area contributed by atoms with Gasteiger partial charge in [-0.25, -0.2) is 0 Å². The second-order valence-corrected chi connectivity index (χ2v) is 5.91.